The molecule has 2 aromatic carbocycles. The highest BCUT2D eigenvalue weighted by atomic mass is 35.5. The summed E-state index contributed by atoms with van der Waals surface area (Å²) in [7, 11) is -3.51. The molecule has 0 bridgehead atoms. The van der Waals surface area contributed by atoms with Crippen LogP contribution in [0.5, 0.6) is 0 Å². The number of hydrazone groups is 1. The van der Waals surface area contributed by atoms with Gasteiger partial charge in [0.25, 0.3) is 5.91 Å². The third kappa shape index (κ3) is 5.83. The van der Waals surface area contributed by atoms with Crippen LogP contribution in [0.2, 0.25) is 5.02 Å². The van der Waals surface area contributed by atoms with Gasteiger partial charge in [-0.25, -0.2) is 13.8 Å². The number of hydrogen-bond acceptors (Lipinski definition) is 4. The molecule has 2 aromatic rings. The maximum absolute atomic E-state index is 12.4. The zero-order valence-electron chi connectivity index (χ0n) is 17.1. The fourth-order valence-electron chi connectivity index (χ4n) is 3.48. The van der Waals surface area contributed by atoms with Gasteiger partial charge in [0.2, 0.25) is 10.0 Å². The van der Waals surface area contributed by atoms with E-state index in [4.69, 9.17) is 11.6 Å². The quantitative estimate of drug-likeness (QED) is 0.657. The van der Waals surface area contributed by atoms with Crippen LogP contribution in [0.25, 0.3) is 0 Å². The van der Waals surface area contributed by atoms with Crippen LogP contribution in [0.15, 0.2) is 53.6 Å². The monoisotopic (exact) mass is 447 g/mol. The van der Waals surface area contributed by atoms with Crippen molar-refractivity contribution in [1.82, 2.24) is 5.43 Å². The maximum Gasteiger partial charge on any atom is 0.271 e. The summed E-state index contributed by atoms with van der Waals surface area (Å²) in [5, 5.41) is 4.77. The third-order valence-corrected chi connectivity index (χ3v) is 6.60. The minimum Gasteiger partial charge on any atom is -0.267 e. The second kappa shape index (κ2) is 9.62. The van der Waals surface area contributed by atoms with Gasteiger partial charge in [-0.15, -0.1) is 0 Å². The summed E-state index contributed by atoms with van der Waals surface area (Å²) in [6, 6.07) is 13.5. The lowest BCUT2D eigenvalue weighted by molar-refractivity contribution is 0.0954. The molecule has 8 heteroatoms. The van der Waals surface area contributed by atoms with Gasteiger partial charge in [0.15, 0.2) is 0 Å². The Balaban J connectivity index is 1.71. The molecular formula is C22H26ClN3O3S. The van der Waals surface area contributed by atoms with Crippen molar-refractivity contribution in [3.05, 3.63) is 64.7 Å². The van der Waals surface area contributed by atoms with Crippen molar-refractivity contribution in [2.24, 2.45) is 11.0 Å². The van der Waals surface area contributed by atoms with Crippen molar-refractivity contribution < 1.29 is 13.2 Å². The first kappa shape index (κ1) is 22.3. The van der Waals surface area contributed by atoms with E-state index in [0.717, 1.165) is 36.8 Å². The molecule has 1 N–H and O–H groups in total. The van der Waals surface area contributed by atoms with Crippen LogP contribution in [-0.4, -0.2) is 26.3 Å². The topological polar surface area (TPSA) is 78.8 Å². The molecule has 6 nitrogen and oxygen atoms in total. The van der Waals surface area contributed by atoms with E-state index in [-0.39, 0.29) is 12.5 Å². The number of carbonyl (C=O) groups excluding carboxylic acids is 1. The van der Waals surface area contributed by atoms with Crippen LogP contribution in [0.4, 0.5) is 5.69 Å². The average Bonchev–Trinajstić information content (AvgIpc) is 2.71. The van der Waals surface area contributed by atoms with Crippen LogP contribution < -0.4 is 9.73 Å². The van der Waals surface area contributed by atoms with Crippen LogP contribution in [-0.2, 0) is 16.6 Å². The number of rotatable bonds is 6. The largest absolute Gasteiger partial charge is 0.271 e. The first-order valence-corrected chi connectivity index (χ1v) is 12.2. The number of benzene rings is 2. The highest BCUT2D eigenvalue weighted by molar-refractivity contribution is 7.92. The van der Waals surface area contributed by atoms with Crippen LogP contribution in [0.3, 0.4) is 0 Å². The minimum absolute atomic E-state index is 0.140. The van der Waals surface area contributed by atoms with E-state index in [0.29, 0.717) is 22.2 Å². The molecule has 1 amide bonds. The number of hydrogen-bond donors (Lipinski definition) is 1. The van der Waals surface area contributed by atoms with Crippen LogP contribution in [0, 0.1) is 5.92 Å². The Morgan fingerprint density at radius 3 is 2.57 bits per heavy atom. The summed E-state index contributed by atoms with van der Waals surface area (Å²) >= 11 is 6.02. The van der Waals surface area contributed by atoms with Gasteiger partial charge in [-0.2, -0.15) is 5.10 Å². The Kier molecular flexibility index (Phi) is 7.15. The van der Waals surface area contributed by atoms with Crippen molar-refractivity contribution in [1.29, 1.82) is 0 Å². The average molecular weight is 448 g/mol. The summed E-state index contributed by atoms with van der Waals surface area (Å²) in [6.07, 6.45) is 5.49. The predicted molar refractivity (Wildman–Crippen MR) is 121 cm³/mol. The number of anilines is 1. The molecule has 0 saturated heterocycles. The summed E-state index contributed by atoms with van der Waals surface area (Å²) < 4.78 is 25.9. The van der Waals surface area contributed by atoms with E-state index in [1.807, 2.05) is 0 Å². The Morgan fingerprint density at radius 1 is 1.20 bits per heavy atom. The SMILES string of the molecule is C[C@@H]1CCCC/C1=N/NC(=O)c1ccc(CN(c2cccc(Cl)c2)S(C)(=O)=O)cc1. The first-order chi connectivity index (χ1) is 14.2. The van der Waals surface area contributed by atoms with E-state index in [1.165, 1.54) is 10.7 Å². The molecule has 1 saturated carbocycles. The fraction of sp³-hybridized carbons (Fsp3) is 0.364. The number of nitrogens with zero attached hydrogens (tertiary/aromatic N) is 2. The van der Waals surface area contributed by atoms with Crippen molar-refractivity contribution >= 4 is 38.9 Å². The van der Waals surface area contributed by atoms with Crippen LogP contribution in [0.1, 0.15) is 48.5 Å². The van der Waals surface area contributed by atoms with Gasteiger partial charge in [-0.3, -0.25) is 9.10 Å². The molecule has 30 heavy (non-hydrogen) atoms. The summed E-state index contributed by atoms with van der Waals surface area (Å²) in [5.74, 6) is 0.122. The lowest BCUT2D eigenvalue weighted by Crippen LogP contribution is -2.29. The molecule has 0 unspecified atom stereocenters. The lowest BCUT2D eigenvalue weighted by atomic mass is 9.89. The molecule has 1 fully saturated rings. The van der Waals surface area contributed by atoms with E-state index in [9.17, 15) is 13.2 Å². The first-order valence-electron chi connectivity index (χ1n) is 9.93. The molecule has 0 aromatic heterocycles. The van der Waals surface area contributed by atoms with E-state index in [1.54, 1.807) is 48.5 Å². The molecule has 160 valence electrons. The van der Waals surface area contributed by atoms with Gasteiger partial charge in [0.05, 0.1) is 18.5 Å². The van der Waals surface area contributed by atoms with Crippen molar-refractivity contribution in [3.63, 3.8) is 0 Å². The van der Waals surface area contributed by atoms with Gasteiger partial charge in [-0.1, -0.05) is 43.1 Å². The van der Waals surface area contributed by atoms with Crippen molar-refractivity contribution in [2.45, 2.75) is 39.2 Å². The summed E-state index contributed by atoms with van der Waals surface area (Å²) in [4.78, 5) is 12.4. The summed E-state index contributed by atoms with van der Waals surface area (Å²) in [5.41, 5.74) is 5.40. The molecule has 1 aliphatic carbocycles. The number of sulfonamides is 1. The molecule has 1 aliphatic rings. The minimum atomic E-state index is -3.51. The molecule has 0 radical (unpaired) electrons. The predicted octanol–water partition coefficient (Wildman–Crippen LogP) is 4.60. The van der Waals surface area contributed by atoms with E-state index >= 15 is 0 Å². The fourth-order valence-corrected chi connectivity index (χ4v) is 4.55. The zero-order valence-corrected chi connectivity index (χ0v) is 18.7. The second-order valence-corrected chi connectivity index (χ2v) is 9.98. The second-order valence-electron chi connectivity index (χ2n) is 7.64. The Labute approximate surface area is 183 Å². The highest BCUT2D eigenvalue weighted by Crippen LogP contribution is 2.24. The zero-order chi connectivity index (χ0) is 21.7. The molecule has 0 aliphatic heterocycles. The maximum atomic E-state index is 12.4. The highest BCUT2D eigenvalue weighted by Gasteiger charge is 2.19. The number of halogens is 1. The van der Waals surface area contributed by atoms with Gasteiger partial charge in [0.1, 0.15) is 0 Å². The molecular weight excluding hydrogens is 422 g/mol. The van der Waals surface area contributed by atoms with Gasteiger partial charge in [-0.05, 0) is 61.1 Å². The number of amides is 1. The number of carbonyl (C=O) groups is 1. The Hall–Kier alpha value is -2.38. The standard InChI is InChI=1S/C22H26ClN3O3S/c1-16-6-3-4-9-21(16)24-25-22(27)18-12-10-17(11-13-18)15-26(30(2,28)29)20-8-5-7-19(23)14-20/h5,7-8,10-14,16H,3-4,6,9,15H2,1-2H3,(H,25,27)/b24-21-/t16-/m1/s1. The smallest absolute Gasteiger partial charge is 0.267 e. The number of nitrogens with one attached hydrogen (secondary N) is 1. The van der Waals surface area contributed by atoms with E-state index < -0.39 is 10.0 Å². The third-order valence-electron chi connectivity index (χ3n) is 5.23. The normalized spacial score (nSPS) is 18.2. The lowest BCUT2D eigenvalue weighted by Gasteiger charge is -2.23. The van der Waals surface area contributed by atoms with Gasteiger partial charge >= 0.3 is 0 Å². The molecule has 0 spiro atoms. The Morgan fingerprint density at radius 2 is 1.93 bits per heavy atom. The van der Waals surface area contributed by atoms with E-state index in [2.05, 4.69) is 17.5 Å². The molecule has 3 rings (SSSR count). The Bertz CT molecular complexity index is 1040. The molecule has 0 heterocycles. The van der Waals surface area contributed by atoms with Gasteiger partial charge < -0.3 is 0 Å². The van der Waals surface area contributed by atoms with Crippen LogP contribution >= 0.6 is 11.6 Å². The van der Waals surface area contributed by atoms with Crippen molar-refractivity contribution in [2.75, 3.05) is 10.6 Å². The van der Waals surface area contributed by atoms with Gasteiger partial charge in [0, 0.05) is 16.3 Å². The summed E-state index contributed by atoms with van der Waals surface area (Å²) in [6.45, 7) is 2.27. The molecule has 1 atom stereocenters. The van der Waals surface area contributed by atoms with Crippen molar-refractivity contribution in [3.8, 4) is 0 Å².